The van der Waals surface area contributed by atoms with Gasteiger partial charge < -0.3 is 9.97 Å². The second-order valence-corrected chi connectivity index (χ2v) is 6.12. The lowest BCUT2D eigenvalue weighted by molar-refractivity contribution is 1.41. The lowest BCUT2D eigenvalue weighted by Crippen LogP contribution is -1.62. The SMILES string of the molecule is Brc1cc2ccccc2[nH]1.Brc1cc2ccccc2[nH]1. The van der Waals surface area contributed by atoms with Crippen LogP contribution in [0.1, 0.15) is 0 Å². The molecular weight excluding hydrogens is 380 g/mol. The van der Waals surface area contributed by atoms with E-state index in [4.69, 9.17) is 0 Å². The molecule has 2 aromatic carbocycles. The monoisotopic (exact) mass is 390 g/mol. The highest BCUT2D eigenvalue weighted by atomic mass is 79.9. The van der Waals surface area contributed by atoms with Gasteiger partial charge in [0.05, 0.1) is 9.21 Å². The highest BCUT2D eigenvalue weighted by Gasteiger charge is 1.94. The Kier molecular flexibility index (Phi) is 3.94. The predicted octanol–water partition coefficient (Wildman–Crippen LogP) is 5.86. The third-order valence-corrected chi connectivity index (χ3v) is 3.85. The highest BCUT2D eigenvalue weighted by molar-refractivity contribution is 9.10. The Morgan fingerprint density at radius 3 is 1.40 bits per heavy atom. The van der Waals surface area contributed by atoms with E-state index in [0.29, 0.717) is 0 Å². The van der Waals surface area contributed by atoms with E-state index in [2.05, 4.69) is 78.2 Å². The lowest BCUT2D eigenvalue weighted by atomic mass is 10.3. The number of aromatic amines is 2. The molecule has 0 unspecified atom stereocenters. The van der Waals surface area contributed by atoms with Gasteiger partial charge in [-0.15, -0.1) is 0 Å². The summed E-state index contributed by atoms with van der Waals surface area (Å²) in [6.07, 6.45) is 0. The minimum absolute atomic E-state index is 1.04. The lowest BCUT2D eigenvalue weighted by Gasteiger charge is -1.83. The maximum Gasteiger partial charge on any atom is 0.0830 e. The minimum Gasteiger partial charge on any atom is -0.349 e. The van der Waals surface area contributed by atoms with Gasteiger partial charge in [-0.3, -0.25) is 0 Å². The number of nitrogens with one attached hydrogen (secondary N) is 2. The average molecular weight is 392 g/mol. The van der Waals surface area contributed by atoms with E-state index in [9.17, 15) is 0 Å². The maximum atomic E-state index is 3.37. The quantitative estimate of drug-likeness (QED) is 0.376. The van der Waals surface area contributed by atoms with Gasteiger partial charge in [-0.2, -0.15) is 0 Å². The number of H-pyrrole nitrogens is 2. The summed E-state index contributed by atoms with van der Waals surface area (Å²) in [6, 6.07) is 20.5. The molecule has 0 amide bonds. The molecule has 0 saturated carbocycles. The first-order valence-electron chi connectivity index (χ1n) is 6.19. The van der Waals surface area contributed by atoms with Crippen molar-refractivity contribution in [2.75, 3.05) is 0 Å². The van der Waals surface area contributed by atoms with Crippen LogP contribution in [0.5, 0.6) is 0 Å². The van der Waals surface area contributed by atoms with Gasteiger partial charge in [0.15, 0.2) is 0 Å². The Hall–Kier alpha value is -1.52. The van der Waals surface area contributed by atoms with Crippen molar-refractivity contribution >= 4 is 53.7 Å². The van der Waals surface area contributed by atoms with Crippen LogP contribution >= 0.6 is 31.9 Å². The van der Waals surface area contributed by atoms with Crippen molar-refractivity contribution in [3.63, 3.8) is 0 Å². The molecule has 100 valence electrons. The summed E-state index contributed by atoms with van der Waals surface area (Å²) in [7, 11) is 0. The standard InChI is InChI=1S/2C8H6BrN/c2*9-8-5-6-3-1-2-4-7(6)10-8/h2*1-5,10H. The fourth-order valence-corrected chi connectivity index (χ4v) is 3.00. The Labute approximate surface area is 133 Å². The molecule has 0 aliphatic rings. The van der Waals surface area contributed by atoms with Crippen molar-refractivity contribution in [2.24, 2.45) is 0 Å². The zero-order chi connectivity index (χ0) is 13.9. The van der Waals surface area contributed by atoms with E-state index >= 15 is 0 Å². The second-order valence-electron chi connectivity index (χ2n) is 4.41. The fraction of sp³-hybridized carbons (Fsp3) is 0. The molecule has 4 rings (SSSR count). The number of hydrogen-bond acceptors (Lipinski definition) is 0. The summed E-state index contributed by atoms with van der Waals surface area (Å²) in [5.41, 5.74) is 2.35. The van der Waals surface area contributed by atoms with Crippen LogP contribution < -0.4 is 0 Å². The number of fused-ring (bicyclic) bond motifs is 2. The summed E-state index contributed by atoms with van der Waals surface area (Å²) in [5.74, 6) is 0. The van der Waals surface area contributed by atoms with Gasteiger partial charge in [-0.25, -0.2) is 0 Å². The van der Waals surface area contributed by atoms with Crippen molar-refractivity contribution in [1.29, 1.82) is 0 Å². The van der Waals surface area contributed by atoms with E-state index in [1.165, 1.54) is 21.8 Å². The third kappa shape index (κ3) is 2.97. The molecule has 2 aromatic heterocycles. The van der Waals surface area contributed by atoms with Gasteiger partial charge in [-0.05, 0) is 56.1 Å². The van der Waals surface area contributed by atoms with E-state index < -0.39 is 0 Å². The second kappa shape index (κ2) is 5.85. The maximum absolute atomic E-state index is 3.37. The van der Waals surface area contributed by atoms with Gasteiger partial charge in [0, 0.05) is 21.8 Å². The summed E-state index contributed by atoms with van der Waals surface area (Å²) in [6.45, 7) is 0. The van der Waals surface area contributed by atoms with Crippen LogP contribution in [0.4, 0.5) is 0 Å². The Balaban J connectivity index is 0.000000121. The first-order chi connectivity index (χ1) is 9.72. The number of aromatic nitrogens is 2. The van der Waals surface area contributed by atoms with Crippen molar-refractivity contribution in [1.82, 2.24) is 9.97 Å². The van der Waals surface area contributed by atoms with Gasteiger partial charge >= 0.3 is 0 Å². The topological polar surface area (TPSA) is 31.6 Å². The number of rotatable bonds is 0. The third-order valence-electron chi connectivity index (χ3n) is 2.99. The molecule has 2 heterocycles. The first-order valence-corrected chi connectivity index (χ1v) is 7.77. The smallest absolute Gasteiger partial charge is 0.0830 e. The molecular formula is C16H12Br2N2. The Morgan fingerprint density at radius 2 is 1.00 bits per heavy atom. The van der Waals surface area contributed by atoms with Crippen LogP contribution in [-0.4, -0.2) is 9.97 Å². The molecule has 0 spiro atoms. The van der Waals surface area contributed by atoms with Crippen LogP contribution in [0.2, 0.25) is 0 Å². The van der Waals surface area contributed by atoms with Crippen LogP contribution in [0, 0.1) is 0 Å². The van der Waals surface area contributed by atoms with Gasteiger partial charge in [-0.1, -0.05) is 36.4 Å². The first kappa shape index (κ1) is 13.5. The normalized spacial score (nSPS) is 10.5. The van der Waals surface area contributed by atoms with E-state index in [0.717, 1.165) is 9.21 Å². The summed E-state index contributed by atoms with van der Waals surface area (Å²) in [4.78, 5) is 6.35. The van der Waals surface area contributed by atoms with Gasteiger partial charge in [0.25, 0.3) is 0 Å². The molecule has 0 saturated heterocycles. The molecule has 2 N–H and O–H groups in total. The molecule has 0 bridgehead atoms. The summed E-state index contributed by atoms with van der Waals surface area (Å²) in [5, 5.41) is 2.49. The van der Waals surface area contributed by atoms with Gasteiger partial charge in [0.1, 0.15) is 0 Å². The Bertz CT molecular complexity index is 708. The van der Waals surface area contributed by atoms with E-state index in [-0.39, 0.29) is 0 Å². The zero-order valence-electron chi connectivity index (χ0n) is 10.5. The summed E-state index contributed by atoms with van der Waals surface area (Å²) < 4.78 is 2.07. The molecule has 4 heteroatoms. The molecule has 0 radical (unpaired) electrons. The number of hydrogen-bond donors (Lipinski definition) is 2. The summed E-state index contributed by atoms with van der Waals surface area (Å²) >= 11 is 6.74. The van der Waals surface area contributed by atoms with Crippen molar-refractivity contribution in [3.05, 3.63) is 69.9 Å². The largest absolute Gasteiger partial charge is 0.349 e. The van der Waals surface area contributed by atoms with Crippen molar-refractivity contribution in [2.45, 2.75) is 0 Å². The van der Waals surface area contributed by atoms with Crippen molar-refractivity contribution in [3.8, 4) is 0 Å². The van der Waals surface area contributed by atoms with Crippen LogP contribution in [0.15, 0.2) is 69.9 Å². The molecule has 0 aliphatic carbocycles. The molecule has 0 aliphatic heterocycles. The number of halogens is 2. The molecule has 0 atom stereocenters. The number of benzene rings is 2. The average Bonchev–Trinajstić information content (AvgIpc) is 2.99. The van der Waals surface area contributed by atoms with Crippen LogP contribution in [-0.2, 0) is 0 Å². The fourth-order valence-electron chi connectivity index (χ4n) is 2.08. The van der Waals surface area contributed by atoms with Crippen molar-refractivity contribution < 1.29 is 0 Å². The minimum atomic E-state index is 1.04. The molecule has 0 fully saturated rings. The van der Waals surface area contributed by atoms with Gasteiger partial charge in [0.2, 0.25) is 0 Å². The molecule has 2 nitrogen and oxygen atoms in total. The number of para-hydroxylation sites is 2. The Morgan fingerprint density at radius 1 is 0.600 bits per heavy atom. The zero-order valence-corrected chi connectivity index (χ0v) is 13.7. The highest BCUT2D eigenvalue weighted by Crippen LogP contribution is 2.18. The van der Waals surface area contributed by atoms with E-state index in [1.54, 1.807) is 0 Å². The van der Waals surface area contributed by atoms with E-state index in [1.807, 2.05) is 24.3 Å². The van der Waals surface area contributed by atoms with Crippen LogP contribution in [0.3, 0.4) is 0 Å². The predicted molar refractivity (Wildman–Crippen MR) is 92.0 cm³/mol. The van der Waals surface area contributed by atoms with Crippen LogP contribution in [0.25, 0.3) is 21.8 Å². The molecule has 20 heavy (non-hydrogen) atoms. The molecule has 4 aromatic rings.